The molecule has 3 aromatic rings. The van der Waals surface area contributed by atoms with E-state index in [-0.39, 0.29) is 23.8 Å². The number of piperazine rings is 1. The van der Waals surface area contributed by atoms with Gasteiger partial charge in [0.2, 0.25) is 0 Å². The zero-order valence-corrected chi connectivity index (χ0v) is 22.3. The van der Waals surface area contributed by atoms with Crippen LogP contribution in [0.1, 0.15) is 51.6 Å². The van der Waals surface area contributed by atoms with Crippen molar-refractivity contribution in [1.29, 1.82) is 0 Å². The minimum absolute atomic E-state index is 0.117. The second-order valence-corrected chi connectivity index (χ2v) is 10.6. The SMILES string of the molecule is Cc1ccc(C(=O)Nc2ccc(CN3CCN(C)CC3)c(C(F)(F)F)c2)cc1-c1ccc(C2CCCN2)nc1. The van der Waals surface area contributed by atoms with E-state index in [0.29, 0.717) is 5.56 Å². The topological polar surface area (TPSA) is 60.5 Å². The molecular formula is C30H34F3N5O. The Labute approximate surface area is 227 Å². The molecular weight excluding hydrogens is 503 g/mol. The van der Waals surface area contributed by atoms with Gasteiger partial charge >= 0.3 is 6.18 Å². The van der Waals surface area contributed by atoms with E-state index in [9.17, 15) is 18.0 Å². The first-order chi connectivity index (χ1) is 18.7. The Morgan fingerprint density at radius 3 is 2.54 bits per heavy atom. The summed E-state index contributed by atoms with van der Waals surface area (Å²) in [4.78, 5) is 21.9. The first-order valence-electron chi connectivity index (χ1n) is 13.4. The molecule has 2 aliphatic heterocycles. The summed E-state index contributed by atoms with van der Waals surface area (Å²) < 4.78 is 41.9. The van der Waals surface area contributed by atoms with Gasteiger partial charge in [0.15, 0.2) is 0 Å². The third-order valence-corrected chi connectivity index (χ3v) is 7.68. The Kier molecular flexibility index (Phi) is 8.02. The number of anilines is 1. The Hall–Kier alpha value is -3.27. The lowest BCUT2D eigenvalue weighted by atomic mass is 9.98. The summed E-state index contributed by atoms with van der Waals surface area (Å²) in [6.07, 6.45) is -0.511. The molecule has 0 spiro atoms. The molecule has 0 bridgehead atoms. The Bertz CT molecular complexity index is 1310. The molecule has 1 amide bonds. The molecule has 1 unspecified atom stereocenters. The van der Waals surface area contributed by atoms with Crippen LogP contribution < -0.4 is 10.6 Å². The van der Waals surface area contributed by atoms with Crippen LogP contribution in [0.4, 0.5) is 18.9 Å². The van der Waals surface area contributed by atoms with E-state index in [1.807, 2.05) is 43.3 Å². The number of hydrogen-bond acceptors (Lipinski definition) is 5. The van der Waals surface area contributed by atoms with E-state index in [2.05, 4.69) is 20.5 Å². The van der Waals surface area contributed by atoms with Crippen molar-refractivity contribution in [3.63, 3.8) is 0 Å². The van der Waals surface area contributed by atoms with E-state index >= 15 is 0 Å². The third kappa shape index (κ3) is 6.49. The van der Waals surface area contributed by atoms with Gasteiger partial charge in [0.05, 0.1) is 11.3 Å². The monoisotopic (exact) mass is 537 g/mol. The zero-order valence-electron chi connectivity index (χ0n) is 22.3. The number of carbonyl (C=O) groups is 1. The van der Waals surface area contributed by atoms with Crippen molar-refractivity contribution in [2.75, 3.05) is 45.1 Å². The van der Waals surface area contributed by atoms with Crippen molar-refractivity contribution in [3.8, 4) is 11.1 Å². The Morgan fingerprint density at radius 1 is 1.08 bits per heavy atom. The normalized spacial score (nSPS) is 18.8. The molecule has 2 aliphatic rings. The van der Waals surface area contributed by atoms with Crippen molar-refractivity contribution in [2.24, 2.45) is 0 Å². The molecule has 5 rings (SSSR count). The number of hydrogen-bond donors (Lipinski definition) is 2. The van der Waals surface area contributed by atoms with Crippen LogP contribution in [0.25, 0.3) is 11.1 Å². The van der Waals surface area contributed by atoms with Crippen LogP contribution in [0.15, 0.2) is 54.7 Å². The number of alkyl halides is 3. The molecule has 1 atom stereocenters. The minimum atomic E-state index is -4.52. The largest absolute Gasteiger partial charge is 0.416 e. The van der Waals surface area contributed by atoms with E-state index in [4.69, 9.17) is 0 Å². The number of halogens is 3. The van der Waals surface area contributed by atoms with Gasteiger partial charge in [0, 0.05) is 61.8 Å². The smallest absolute Gasteiger partial charge is 0.322 e. The quantitative estimate of drug-likeness (QED) is 0.435. The van der Waals surface area contributed by atoms with Crippen LogP contribution in [-0.4, -0.2) is 60.5 Å². The molecule has 206 valence electrons. The third-order valence-electron chi connectivity index (χ3n) is 7.68. The van der Waals surface area contributed by atoms with Crippen molar-refractivity contribution in [2.45, 2.75) is 38.5 Å². The molecule has 0 aliphatic carbocycles. The molecule has 3 heterocycles. The van der Waals surface area contributed by atoms with E-state index < -0.39 is 17.6 Å². The summed E-state index contributed by atoms with van der Waals surface area (Å²) in [5.74, 6) is -0.462. The fraction of sp³-hybridized carbons (Fsp3) is 0.400. The van der Waals surface area contributed by atoms with Gasteiger partial charge in [-0.15, -0.1) is 0 Å². The van der Waals surface area contributed by atoms with Crippen molar-refractivity contribution >= 4 is 11.6 Å². The van der Waals surface area contributed by atoms with Gasteiger partial charge in [-0.1, -0.05) is 18.2 Å². The standard InChI is InChI=1S/C30H34F3N5O/c1-20-5-6-21(16-25(20)22-8-10-28(35-18-22)27-4-3-11-34-27)29(39)36-24-9-7-23(26(17-24)30(31,32)33)19-38-14-12-37(2)13-15-38/h5-10,16-18,27,34H,3-4,11-15,19H2,1-2H3,(H,36,39). The molecule has 2 fully saturated rings. The molecule has 1 aromatic heterocycles. The number of likely N-dealkylation sites (N-methyl/N-ethyl adjacent to an activating group) is 1. The molecule has 39 heavy (non-hydrogen) atoms. The van der Waals surface area contributed by atoms with Gasteiger partial charge < -0.3 is 15.5 Å². The average molecular weight is 538 g/mol. The molecule has 2 saturated heterocycles. The zero-order chi connectivity index (χ0) is 27.6. The number of amides is 1. The summed E-state index contributed by atoms with van der Waals surface area (Å²) in [6.45, 7) is 6.27. The number of aromatic nitrogens is 1. The number of aryl methyl sites for hydroxylation is 1. The fourth-order valence-corrected chi connectivity index (χ4v) is 5.29. The maximum absolute atomic E-state index is 14.0. The number of pyridine rings is 1. The first kappa shape index (κ1) is 27.3. The minimum Gasteiger partial charge on any atom is -0.322 e. The summed E-state index contributed by atoms with van der Waals surface area (Å²) >= 11 is 0. The number of benzene rings is 2. The highest BCUT2D eigenvalue weighted by molar-refractivity contribution is 6.05. The van der Waals surface area contributed by atoms with Gasteiger partial charge in [0.25, 0.3) is 5.91 Å². The van der Waals surface area contributed by atoms with Gasteiger partial charge in [-0.05, 0) is 80.4 Å². The van der Waals surface area contributed by atoms with E-state index in [0.717, 1.165) is 74.0 Å². The highest BCUT2D eigenvalue weighted by Gasteiger charge is 2.34. The number of rotatable bonds is 6. The summed E-state index contributed by atoms with van der Waals surface area (Å²) in [5, 5.41) is 6.11. The van der Waals surface area contributed by atoms with Gasteiger partial charge in [-0.2, -0.15) is 13.2 Å². The van der Waals surface area contributed by atoms with Gasteiger partial charge in [-0.3, -0.25) is 14.7 Å². The van der Waals surface area contributed by atoms with Crippen molar-refractivity contribution < 1.29 is 18.0 Å². The van der Waals surface area contributed by atoms with Crippen molar-refractivity contribution in [1.82, 2.24) is 20.1 Å². The predicted octanol–water partition coefficient (Wildman–Crippen LogP) is 5.50. The molecule has 9 heteroatoms. The Morgan fingerprint density at radius 2 is 1.87 bits per heavy atom. The number of nitrogens with zero attached hydrogens (tertiary/aromatic N) is 3. The molecule has 2 N–H and O–H groups in total. The summed E-state index contributed by atoms with van der Waals surface area (Å²) in [5.41, 5.74) is 3.71. The van der Waals surface area contributed by atoms with E-state index in [1.54, 1.807) is 18.2 Å². The predicted molar refractivity (Wildman–Crippen MR) is 147 cm³/mol. The Balaban J connectivity index is 1.33. The summed E-state index contributed by atoms with van der Waals surface area (Å²) in [7, 11) is 2.01. The number of nitrogens with one attached hydrogen (secondary N) is 2. The van der Waals surface area contributed by atoms with Crippen LogP contribution in [0.2, 0.25) is 0 Å². The molecule has 0 saturated carbocycles. The molecule has 2 aromatic carbocycles. The second kappa shape index (κ2) is 11.5. The van der Waals surface area contributed by atoms with Crippen LogP contribution in [0.5, 0.6) is 0 Å². The second-order valence-electron chi connectivity index (χ2n) is 10.6. The van der Waals surface area contributed by atoms with Crippen LogP contribution in [-0.2, 0) is 12.7 Å². The lowest BCUT2D eigenvalue weighted by Crippen LogP contribution is -2.44. The highest BCUT2D eigenvalue weighted by atomic mass is 19.4. The van der Waals surface area contributed by atoms with Crippen molar-refractivity contribution in [3.05, 3.63) is 82.7 Å². The lowest BCUT2D eigenvalue weighted by molar-refractivity contribution is -0.138. The maximum atomic E-state index is 14.0. The number of carbonyl (C=O) groups excluding carboxylic acids is 1. The van der Waals surface area contributed by atoms with Crippen LogP contribution in [0, 0.1) is 6.92 Å². The van der Waals surface area contributed by atoms with E-state index in [1.165, 1.54) is 6.07 Å². The molecule has 6 nitrogen and oxygen atoms in total. The fourth-order valence-electron chi connectivity index (χ4n) is 5.29. The molecule has 0 radical (unpaired) electrons. The lowest BCUT2D eigenvalue weighted by Gasteiger charge is -2.33. The first-order valence-corrected chi connectivity index (χ1v) is 13.4. The highest BCUT2D eigenvalue weighted by Crippen LogP contribution is 2.35. The van der Waals surface area contributed by atoms with Crippen LogP contribution >= 0.6 is 0 Å². The van der Waals surface area contributed by atoms with Gasteiger partial charge in [0.1, 0.15) is 0 Å². The van der Waals surface area contributed by atoms with Crippen LogP contribution in [0.3, 0.4) is 0 Å². The van der Waals surface area contributed by atoms with Gasteiger partial charge in [-0.25, -0.2) is 0 Å². The average Bonchev–Trinajstić information content (AvgIpc) is 3.46. The maximum Gasteiger partial charge on any atom is 0.416 e. The summed E-state index contributed by atoms with van der Waals surface area (Å²) in [6, 6.07) is 13.6.